The van der Waals surface area contributed by atoms with Crippen LogP contribution in [0.25, 0.3) is 0 Å². The first-order chi connectivity index (χ1) is 11.1. The van der Waals surface area contributed by atoms with E-state index in [0.29, 0.717) is 21.5 Å². The van der Waals surface area contributed by atoms with E-state index in [9.17, 15) is 9.90 Å². The van der Waals surface area contributed by atoms with Gasteiger partial charge in [0.2, 0.25) is 0 Å². The van der Waals surface area contributed by atoms with Gasteiger partial charge in [-0.2, -0.15) is 5.10 Å². The van der Waals surface area contributed by atoms with E-state index in [4.69, 9.17) is 9.47 Å². The lowest BCUT2D eigenvalue weighted by atomic mass is 10.2. The molecule has 0 saturated carbocycles. The quantitative estimate of drug-likeness (QED) is 0.598. The maximum absolute atomic E-state index is 11.6. The van der Waals surface area contributed by atoms with Crippen molar-refractivity contribution in [3.8, 4) is 17.2 Å². The molecule has 0 aliphatic rings. The topological polar surface area (TPSA) is 80.2 Å². The Morgan fingerprint density at radius 3 is 2.78 bits per heavy atom. The van der Waals surface area contributed by atoms with Crippen LogP contribution in [0.3, 0.4) is 0 Å². The molecule has 2 rings (SSSR count). The van der Waals surface area contributed by atoms with E-state index >= 15 is 0 Å². The van der Waals surface area contributed by atoms with E-state index in [-0.39, 0.29) is 18.3 Å². The van der Waals surface area contributed by atoms with Crippen LogP contribution in [0.4, 0.5) is 0 Å². The van der Waals surface area contributed by atoms with Crippen molar-refractivity contribution in [2.75, 3.05) is 13.7 Å². The number of ether oxygens (including phenoxy) is 2. The Kier molecular flexibility index (Phi) is 5.99. The van der Waals surface area contributed by atoms with E-state index in [0.717, 1.165) is 0 Å². The maximum Gasteiger partial charge on any atom is 0.277 e. The van der Waals surface area contributed by atoms with Crippen molar-refractivity contribution in [3.63, 3.8) is 0 Å². The SMILES string of the molecule is COc1cc(/C=N/NC(=O)COc2ccccc2)cc(Br)c1O. The summed E-state index contributed by atoms with van der Waals surface area (Å²) >= 11 is 3.21. The molecule has 0 spiro atoms. The summed E-state index contributed by atoms with van der Waals surface area (Å²) in [5, 5.41) is 13.5. The molecule has 0 fully saturated rings. The average molecular weight is 379 g/mol. The molecular formula is C16H15BrN2O4. The molecule has 6 nitrogen and oxygen atoms in total. The van der Waals surface area contributed by atoms with Gasteiger partial charge in [0.15, 0.2) is 18.1 Å². The molecule has 0 aliphatic heterocycles. The van der Waals surface area contributed by atoms with Gasteiger partial charge in [0.05, 0.1) is 17.8 Å². The summed E-state index contributed by atoms with van der Waals surface area (Å²) in [6, 6.07) is 12.3. The summed E-state index contributed by atoms with van der Waals surface area (Å²) in [5.41, 5.74) is 3.01. The van der Waals surface area contributed by atoms with E-state index < -0.39 is 0 Å². The first kappa shape index (κ1) is 16.8. The summed E-state index contributed by atoms with van der Waals surface area (Å²) in [7, 11) is 1.45. The van der Waals surface area contributed by atoms with Crippen molar-refractivity contribution >= 4 is 28.1 Å². The molecule has 0 radical (unpaired) electrons. The molecule has 0 aliphatic carbocycles. The number of para-hydroxylation sites is 1. The molecule has 23 heavy (non-hydrogen) atoms. The number of halogens is 1. The van der Waals surface area contributed by atoms with E-state index in [2.05, 4.69) is 26.5 Å². The molecule has 0 atom stereocenters. The zero-order valence-electron chi connectivity index (χ0n) is 12.3. The first-order valence-electron chi connectivity index (χ1n) is 6.66. The van der Waals surface area contributed by atoms with Gasteiger partial charge in [0.25, 0.3) is 5.91 Å². The van der Waals surface area contributed by atoms with Gasteiger partial charge in [-0.15, -0.1) is 0 Å². The van der Waals surface area contributed by atoms with Gasteiger partial charge < -0.3 is 14.6 Å². The highest BCUT2D eigenvalue weighted by molar-refractivity contribution is 9.10. The predicted molar refractivity (Wildman–Crippen MR) is 90.0 cm³/mol. The number of amides is 1. The molecule has 0 unspecified atom stereocenters. The minimum Gasteiger partial charge on any atom is -0.503 e. The van der Waals surface area contributed by atoms with Crippen molar-refractivity contribution in [3.05, 3.63) is 52.5 Å². The molecule has 7 heteroatoms. The van der Waals surface area contributed by atoms with Crippen LogP contribution >= 0.6 is 15.9 Å². The van der Waals surface area contributed by atoms with Crippen LogP contribution in [0, 0.1) is 0 Å². The molecular weight excluding hydrogens is 364 g/mol. The lowest BCUT2D eigenvalue weighted by molar-refractivity contribution is -0.123. The van der Waals surface area contributed by atoms with Crippen LogP contribution in [0.15, 0.2) is 52.0 Å². The number of aromatic hydroxyl groups is 1. The largest absolute Gasteiger partial charge is 0.503 e. The number of methoxy groups -OCH3 is 1. The minimum atomic E-state index is -0.380. The summed E-state index contributed by atoms with van der Waals surface area (Å²) in [6.45, 7) is -0.135. The molecule has 0 heterocycles. The third-order valence-corrected chi connectivity index (χ3v) is 3.39. The Hall–Kier alpha value is -2.54. The highest BCUT2D eigenvalue weighted by Crippen LogP contribution is 2.34. The molecule has 0 aromatic heterocycles. The number of hydrogen-bond acceptors (Lipinski definition) is 5. The van der Waals surface area contributed by atoms with Gasteiger partial charge in [0.1, 0.15) is 5.75 Å². The standard InChI is InChI=1S/C16H15BrN2O4/c1-22-14-8-11(7-13(17)16(14)21)9-18-19-15(20)10-23-12-5-3-2-4-6-12/h2-9,21H,10H2,1H3,(H,19,20)/b18-9+. The molecule has 0 bridgehead atoms. The van der Waals surface area contributed by atoms with E-state index in [1.165, 1.54) is 13.3 Å². The monoisotopic (exact) mass is 378 g/mol. The average Bonchev–Trinajstić information content (AvgIpc) is 2.57. The van der Waals surface area contributed by atoms with Crippen LogP contribution in [0.2, 0.25) is 0 Å². The van der Waals surface area contributed by atoms with Gasteiger partial charge in [-0.25, -0.2) is 5.43 Å². The Labute approximate surface area is 141 Å². The van der Waals surface area contributed by atoms with Crippen LogP contribution in [0.5, 0.6) is 17.2 Å². The molecule has 2 aromatic rings. The second-order valence-electron chi connectivity index (χ2n) is 4.45. The third kappa shape index (κ3) is 5.00. The molecule has 2 N–H and O–H groups in total. The number of hydrogen-bond donors (Lipinski definition) is 2. The first-order valence-corrected chi connectivity index (χ1v) is 7.45. The summed E-state index contributed by atoms with van der Waals surface area (Å²) < 4.78 is 10.8. The lowest BCUT2D eigenvalue weighted by Crippen LogP contribution is -2.24. The van der Waals surface area contributed by atoms with Gasteiger partial charge >= 0.3 is 0 Å². The Morgan fingerprint density at radius 2 is 2.09 bits per heavy atom. The smallest absolute Gasteiger partial charge is 0.277 e. The number of nitrogens with one attached hydrogen (secondary N) is 1. The number of phenols is 1. The second kappa shape index (κ2) is 8.19. The van der Waals surface area contributed by atoms with Crippen molar-refractivity contribution in [2.45, 2.75) is 0 Å². The van der Waals surface area contributed by atoms with Gasteiger partial charge in [-0.05, 0) is 45.8 Å². The minimum absolute atomic E-state index is 0.00458. The summed E-state index contributed by atoms with van der Waals surface area (Å²) in [5.74, 6) is 0.540. The zero-order chi connectivity index (χ0) is 16.7. The predicted octanol–water partition coefficient (Wildman–Crippen LogP) is 2.69. The zero-order valence-corrected chi connectivity index (χ0v) is 13.9. The van der Waals surface area contributed by atoms with Gasteiger partial charge in [0, 0.05) is 0 Å². The van der Waals surface area contributed by atoms with Crippen LogP contribution < -0.4 is 14.9 Å². The Balaban J connectivity index is 1.89. The fourth-order valence-electron chi connectivity index (χ4n) is 1.70. The van der Waals surface area contributed by atoms with Crippen LogP contribution in [-0.4, -0.2) is 30.9 Å². The Morgan fingerprint density at radius 1 is 1.35 bits per heavy atom. The number of hydrazone groups is 1. The normalized spacial score (nSPS) is 10.5. The van der Waals surface area contributed by atoms with Crippen LogP contribution in [0.1, 0.15) is 5.56 Å². The fraction of sp³-hybridized carbons (Fsp3) is 0.125. The highest BCUT2D eigenvalue weighted by Gasteiger charge is 2.07. The van der Waals surface area contributed by atoms with Crippen molar-refractivity contribution in [2.24, 2.45) is 5.10 Å². The maximum atomic E-state index is 11.6. The van der Waals surface area contributed by atoms with E-state index in [1.54, 1.807) is 24.3 Å². The highest BCUT2D eigenvalue weighted by atomic mass is 79.9. The molecule has 0 saturated heterocycles. The third-order valence-electron chi connectivity index (χ3n) is 2.79. The number of rotatable bonds is 6. The van der Waals surface area contributed by atoms with Gasteiger partial charge in [-0.3, -0.25) is 4.79 Å². The lowest BCUT2D eigenvalue weighted by Gasteiger charge is -2.06. The van der Waals surface area contributed by atoms with Crippen molar-refractivity contribution < 1.29 is 19.4 Å². The number of carbonyl (C=O) groups is 1. The number of benzene rings is 2. The number of carbonyl (C=O) groups excluding carboxylic acids is 1. The summed E-state index contributed by atoms with van der Waals surface area (Å²) in [6.07, 6.45) is 1.44. The van der Waals surface area contributed by atoms with Crippen molar-refractivity contribution in [1.29, 1.82) is 0 Å². The summed E-state index contributed by atoms with van der Waals surface area (Å²) in [4.78, 5) is 11.6. The van der Waals surface area contributed by atoms with E-state index in [1.807, 2.05) is 18.2 Å². The molecule has 120 valence electrons. The van der Waals surface area contributed by atoms with Crippen LogP contribution in [-0.2, 0) is 4.79 Å². The van der Waals surface area contributed by atoms with Crippen molar-refractivity contribution in [1.82, 2.24) is 5.43 Å². The number of nitrogens with zero attached hydrogens (tertiary/aromatic N) is 1. The Bertz CT molecular complexity index is 705. The molecule has 1 amide bonds. The van der Waals surface area contributed by atoms with Gasteiger partial charge in [-0.1, -0.05) is 18.2 Å². The second-order valence-corrected chi connectivity index (χ2v) is 5.30. The molecule has 2 aromatic carbocycles. The fourth-order valence-corrected chi connectivity index (χ4v) is 2.16. The number of phenolic OH excluding ortho intramolecular Hbond substituents is 1.